The van der Waals surface area contributed by atoms with E-state index in [1.54, 1.807) is 7.05 Å². The molecule has 1 aromatic rings. The van der Waals surface area contributed by atoms with Gasteiger partial charge in [-0.3, -0.25) is 9.79 Å². The Kier molecular flexibility index (Phi) is 9.87. The maximum absolute atomic E-state index is 12.6. The number of para-hydroxylation sites is 1. The lowest BCUT2D eigenvalue weighted by atomic mass is 10.1. The summed E-state index contributed by atoms with van der Waals surface area (Å²) in [5.41, 5.74) is 1.15. The second kappa shape index (κ2) is 12.1. The molecule has 1 amide bonds. The number of hydrogen-bond donors (Lipinski definition) is 3. The monoisotopic (exact) mass is 499 g/mol. The number of carbonyl (C=O) groups is 1. The van der Waals surface area contributed by atoms with Crippen molar-refractivity contribution in [2.24, 2.45) is 10.9 Å². The van der Waals surface area contributed by atoms with Crippen molar-refractivity contribution >= 4 is 41.5 Å². The average Bonchev–Trinajstić information content (AvgIpc) is 3.39. The summed E-state index contributed by atoms with van der Waals surface area (Å²) >= 11 is 0. The molecular formula is C21H34IN5O. The van der Waals surface area contributed by atoms with Crippen LogP contribution >= 0.6 is 24.0 Å². The van der Waals surface area contributed by atoms with E-state index < -0.39 is 0 Å². The van der Waals surface area contributed by atoms with Crippen molar-refractivity contribution in [1.82, 2.24) is 15.5 Å². The minimum Gasteiger partial charge on any atom is -0.385 e. The van der Waals surface area contributed by atoms with Gasteiger partial charge in [0.1, 0.15) is 0 Å². The van der Waals surface area contributed by atoms with Crippen LogP contribution in [0, 0.1) is 5.92 Å². The van der Waals surface area contributed by atoms with E-state index in [0.29, 0.717) is 11.9 Å². The highest BCUT2D eigenvalue weighted by molar-refractivity contribution is 14.0. The molecule has 1 saturated heterocycles. The number of guanidine groups is 1. The van der Waals surface area contributed by atoms with Crippen LogP contribution in [0.1, 0.15) is 38.5 Å². The fraction of sp³-hybridized carbons (Fsp3) is 0.619. The summed E-state index contributed by atoms with van der Waals surface area (Å²) in [6.45, 7) is 3.44. The van der Waals surface area contributed by atoms with Gasteiger partial charge in [0.05, 0.1) is 0 Å². The van der Waals surface area contributed by atoms with Crippen LogP contribution in [0.4, 0.5) is 5.69 Å². The predicted octanol–water partition coefficient (Wildman–Crippen LogP) is 3.06. The normalized spacial score (nSPS) is 20.0. The third-order valence-electron chi connectivity index (χ3n) is 5.52. The summed E-state index contributed by atoms with van der Waals surface area (Å²) in [6, 6.07) is 10.5. The van der Waals surface area contributed by atoms with Crippen molar-refractivity contribution in [1.29, 1.82) is 0 Å². The van der Waals surface area contributed by atoms with Gasteiger partial charge in [-0.05, 0) is 37.8 Å². The number of hydrogen-bond acceptors (Lipinski definition) is 3. The molecule has 0 spiro atoms. The number of amides is 1. The van der Waals surface area contributed by atoms with Crippen molar-refractivity contribution in [3.8, 4) is 0 Å². The van der Waals surface area contributed by atoms with Crippen LogP contribution in [0.2, 0.25) is 0 Å². The van der Waals surface area contributed by atoms with Gasteiger partial charge in [-0.25, -0.2) is 0 Å². The highest BCUT2D eigenvalue weighted by Crippen LogP contribution is 2.27. The van der Waals surface area contributed by atoms with Crippen LogP contribution in [0.15, 0.2) is 35.3 Å². The molecule has 2 aliphatic rings. The fourth-order valence-electron chi connectivity index (χ4n) is 3.98. The van der Waals surface area contributed by atoms with Gasteiger partial charge >= 0.3 is 0 Å². The van der Waals surface area contributed by atoms with Gasteiger partial charge in [0.15, 0.2) is 5.96 Å². The Bertz CT molecular complexity index is 618. The number of halogens is 1. The number of likely N-dealkylation sites (tertiary alicyclic amines) is 1. The van der Waals surface area contributed by atoms with Crippen LogP contribution in [0.25, 0.3) is 0 Å². The Balaban J connectivity index is 0.00000280. The Hall–Kier alpha value is -1.51. The van der Waals surface area contributed by atoms with Gasteiger partial charge in [0.2, 0.25) is 5.91 Å². The van der Waals surface area contributed by atoms with E-state index in [1.165, 1.54) is 12.8 Å². The van der Waals surface area contributed by atoms with Gasteiger partial charge in [-0.15, -0.1) is 24.0 Å². The quantitative estimate of drug-likeness (QED) is 0.234. The number of nitrogens with zero attached hydrogens (tertiary/aromatic N) is 2. The molecule has 1 aliphatic carbocycles. The summed E-state index contributed by atoms with van der Waals surface area (Å²) < 4.78 is 0. The largest absolute Gasteiger partial charge is 0.385 e. The van der Waals surface area contributed by atoms with Crippen LogP contribution in [-0.4, -0.2) is 56.0 Å². The molecular weight excluding hydrogens is 465 g/mol. The molecule has 0 radical (unpaired) electrons. The van der Waals surface area contributed by atoms with Gasteiger partial charge in [0.25, 0.3) is 0 Å². The second-order valence-electron chi connectivity index (χ2n) is 7.54. The molecule has 0 bridgehead atoms. The topological polar surface area (TPSA) is 68.8 Å². The maximum atomic E-state index is 12.6. The number of carbonyl (C=O) groups excluding carboxylic acids is 1. The van der Waals surface area contributed by atoms with Gasteiger partial charge in [-0.1, -0.05) is 31.0 Å². The standard InChI is InChI=1S/C21H33N5O.HI/c1-22-21(24-14-7-13-23-18-10-3-2-4-11-18)25-19-12-15-26(16-19)20(27)17-8-5-6-9-17;/h2-4,10-11,17,19,23H,5-9,12-16H2,1H3,(H2,22,24,25);1H. The summed E-state index contributed by atoms with van der Waals surface area (Å²) in [5, 5.41) is 10.3. The van der Waals surface area contributed by atoms with Crippen molar-refractivity contribution in [2.75, 3.05) is 38.5 Å². The molecule has 1 aromatic carbocycles. The highest BCUT2D eigenvalue weighted by Gasteiger charge is 2.32. The molecule has 156 valence electrons. The molecule has 3 N–H and O–H groups in total. The van der Waals surface area contributed by atoms with Gasteiger partial charge in [-0.2, -0.15) is 0 Å². The Morgan fingerprint density at radius 1 is 1.14 bits per heavy atom. The molecule has 1 unspecified atom stereocenters. The Morgan fingerprint density at radius 2 is 1.89 bits per heavy atom. The van der Waals surface area contributed by atoms with E-state index in [-0.39, 0.29) is 29.9 Å². The summed E-state index contributed by atoms with van der Waals surface area (Å²) in [6.07, 6.45) is 6.58. The molecule has 1 saturated carbocycles. The predicted molar refractivity (Wildman–Crippen MR) is 126 cm³/mol. The van der Waals surface area contributed by atoms with E-state index in [4.69, 9.17) is 0 Å². The number of rotatable bonds is 7. The molecule has 3 rings (SSSR count). The van der Waals surface area contributed by atoms with E-state index in [9.17, 15) is 4.79 Å². The zero-order chi connectivity index (χ0) is 18.9. The van der Waals surface area contributed by atoms with Crippen LogP contribution in [0.5, 0.6) is 0 Å². The van der Waals surface area contributed by atoms with E-state index >= 15 is 0 Å². The minimum atomic E-state index is 0. The molecule has 1 aliphatic heterocycles. The zero-order valence-electron chi connectivity index (χ0n) is 16.8. The molecule has 1 atom stereocenters. The van der Waals surface area contributed by atoms with Crippen molar-refractivity contribution in [3.05, 3.63) is 30.3 Å². The lowest BCUT2D eigenvalue weighted by Crippen LogP contribution is -2.45. The summed E-state index contributed by atoms with van der Waals surface area (Å²) in [7, 11) is 1.80. The van der Waals surface area contributed by atoms with E-state index in [1.807, 2.05) is 23.1 Å². The maximum Gasteiger partial charge on any atom is 0.225 e. The third-order valence-corrected chi connectivity index (χ3v) is 5.52. The fourth-order valence-corrected chi connectivity index (χ4v) is 3.98. The number of anilines is 1. The first-order valence-corrected chi connectivity index (χ1v) is 10.3. The van der Waals surface area contributed by atoms with Crippen molar-refractivity contribution < 1.29 is 4.79 Å². The first-order chi connectivity index (χ1) is 13.3. The molecule has 7 heteroatoms. The Morgan fingerprint density at radius 3 is 2.61 bits per heavy atom. The van der Waals surface area contributed by atoms with Crippen LogP contribution in [0.3, 0.4) is 0 Å². The van der Waals surface area contributed by atoms with Crippen molar-refractivity contribution in [2.45, 2.75) is 44.6 Å². The second-order valence-corrected chi connectivity index (χ2v) is 7.54. The number of benzene rings is 1. The third kappa shape index (κ3) is 6.83. The Labute approximate surface area is 186 Å². The van der Waals surface area contributed by atoms with Gasteiger partial charge in [0, 0.05) is 50.9 Å². The van der Waals surface area contributed by atoms with Crippen molar-refractivity contribution in [3.63, 3.8) is 0 Å². The molecule has 0 aromatic heterocycles. The smallest absolute Gasteiger partial charge is 0.225 e. The minimum absolute atomic E-state index is 0. The number of nitrogens with one attached hydrogen (secondary N) is 3. The SMILES string of the molecule is CN=C(NCCCNc1ccccc1)NC1CCN(C(=O)C2CCCC2)C1.I. The number of aliphatic imine (C=N–C) groups is 1. The average molecular weight is 499 g/mol. The van der Waals surface area contributed by atoms with E-state index in [2.05, 4.69) is 33.1 Å². The lowest BCUT2D eigenvalue weighted by Gasteiger charge is -2.21. The lowest BCUT2D eigenvalue weighted by molar-refractivity contribution is -0.134. The molecule has 28 heavy (non-hydrogen) atoms. The van der Waals surface area contributed by atoms with Crippen LogP contribution in [-0.2, 0) is 4.79 Å². The first kappa shape index (κ1) is 22.8. The summed E-state index contributed by atoms with van der Waals surface area (Å²) in [4.78, 5) is 18.9. The molecule has 6 nitrogen and oxygen atoms in total. The summed E-state index contributed by atoms with van der Waals surface area (Å²) in [5.74, 6) is 1.47. The van der Waals surface area contributed by atoms with Gasteiger partial charge < -0.3 is 20.9 Å². The van der Waals surface area contributed by atoms with E-state index in [0.717, 1.165) is 63.5 Å². The molecule has 2 fully saturated rings. The first-order valence-electron chi connectivity index (χ1n) is 10.3. The zero-order valence-corrected chi connectivity index (χ0v) is 19.2. The molecule has 1 heterocycles. The van der Waals surface area contributed by atoms with Crippen LogP contribution < -0.4 is 16.0 Å². The highest BCUT2D eigenvalue weighted by atomic mass is 127.